The summed E-state index contributed by atoms with van der Waals surface area (Å²) in [6, 6.07) is 6.38. The van der Waals surface area contributed by atoms with Gasteiger partial charge in [0.25, 0.3) is 0 Å². The zero-order valence-electron chi connectivity index (χ0n) is 14.0. The third-order valence-corrected chi connectivity index (χ3v) is 4.95. The number of ether oxygens (including phenoxy) is 1. The van der Waals surface area contributed by atoms with E-state index >= 15 is 0 Å². The van der Waals surface area contributed by atoms with Gasteiger partial charge in [-0.2, -0.15) is 8.78 Å². The van der Waals surface area contributed by atoms with Crippen LogP contribution in [0.4, 0.5) is 8.78 Å². The molecule has 0 aliphatic carbocycles. The van der Waals surface area contributed by atoms with E-state index < -0.39 is 6.61 Å². The number of rotatable bonds is 6. The Morgan fingerprint density at radius 1 is 1.36 bits per heavy atom. The van der Waals surface area contributed by atoms with Gasteiger partial charge < -0.3 is 14.3 Å². The second-order valence-electron chi connectivity index (χ2n) is 5.66. The van der Waals surface area contributed by atoms with E-state index in [1.807, 2.05) is 31.5 Å². The predicted molar refractivity (Wildman–Crippen MR) is 92.7 cm³/mol. The van der Waals surface area contributed by atoms with E-state index in [2.05, 4.69) is 14.7 Å². The van der Waals surface area contributed by atoms with Crippen molar-refractivity contribution in [2.45, 2.75) is 25.6 Å². The van der Waals surface area contributed by atoms with Crippen LogP contribution < -0.4 is 4.74 Å². The highest BCUT2D eigenvalue weighted by Gasteiger charge is 2.15. The molecular weight excluding hydrogens is 348 g/mol. The highest BCUT2D eigenvalue weighted by molar-refractivity contribution is 7.99. The van der Waals surface area contributed by atoms with E-state index in [1.54, 1.807) is 6.07 Å². The van der Waals surface area contributed by atoms with Crippen LogP contribution in [0, 0.1) is 13.8 Å². The van der Waals surface area contributed by atoms with Crippen LogP contribution in [0.1, 0.15) is 21.7 Å². The standard InChI is InChI=1S/C17H17F2N3O2S/c1-9-6-12(10(2)22(9)3)15(23)8-25-17-20-13-5-4-11(24-16(18)19)7-14(13)21-17/h4-7,16H,8H2,1-3H3,(H,20,21). The molecule has 0 aliphatic heterocycles. The maximum atomic E-state index is 12.4. The number of hydrogen-bond donors (Lipinski definition) is 1. The summed E-state index contributed by atoms with van der Waals surface area (Å²) in [5.41, 5.74) is 3.88. The van der Waals surface area contributed by atoms with Gasteiger partial charge in [0.15, 0.2) is 10.9 Å². The van der Waals surface area contributed by atoms with Crippen LogP contribution in [0.3, 0.4) is 0 Å². The van der Waals surface area contributed by atoms with Crippen LogP contribution in [0.5, 0.6) is 5.75 Å². The molecule has 1 aromatic carbocycles. The summed E-state index contributed by atoms with van der Waals surface area (Å²) in [6.45, 7) is 0.996. The normalized spacial score (nSPS) is 11.4. The van der Waals surface area contributed by atoms with Crippen molar-refractivity contribution in [2.75, 3.05) is 5.75 Å². The number of benzene rings is 1. The molecule has 8 heteroatoms. The van der Waals surface area contributed by atoms with E-state index in [4.69, 9.17) is 0 Å². The molecule has 2 heterocycles. The number of Topliss-reactive ketones (excluding diaryl/α,β-unsaturated/α-hetero) is 1. The van der Waals surface area contributed by atoms with Gasteiger partial charge in [-0.05, 0) is 32.0 Å². The van der Waals surface area contributed by atoms with Gasteiger partial charge in [-0.15, -0.1) is 0 Å². The smallest absolute Gasteiger partial charge is 0.387 e. The molecule has 0 radical (unpaired) electrons. The first kappa shape index (κ1) is 17.5. The lowest BCUT2D eigenvalue weighted by molar-refractivity contribution is -0.0497. The molecule has 2 aromatic heterocycles. The fourth-order valence-electron chi connectivity index (χ4n) is 2.56. The summed E-state index contributed by atoms with van der Waals surface area (Å²) < 4.78 is 30.9. The molecule has 0 unspecified atom stereocenters. The Morgan fingerprint density at radius 2 is 2.12 bits per heavy atom. The van der Waals surface area contributed by atoms with Crippen molar-refractivity contribution in [3.8, 4) is 5.75 Å². The highest BCUT2D eigenvalue weighted by Crippen LogP contribution is 2.25. The number of aromatic nitrogens is 3. The Labute approximate surface area is 147 Å². The molecule has 0 aliphatic rings. The molecular formula is C17H17F2N3O2S. The van der Waals surface area contributed by atoms with Crippen LogP contribution in [0.15, 0.2) is 29.4 Å². The van der Waals surface area contributed by atoms with Gasteiger partial charge in [0.1, 0.15) is 5.75 Å². The molecule has 25 heavy (non-hydrogen) atoms. The topological polar surface area (TPSA) is 59.9 Å². The molecule has 0 bridgehead atoms. The van der Waals surface area contributed by atoms with Crippen molar-refractivity contribution in [1.29, 1.82) is 0 Å². The number of nitrogens with one attached hydrogen (secondary N) is 1. The minimum absolute atomic E-state index is 0.0216. The highest BCUT2D eigenvalue weighted by atomic mass is 32.2. The largest absolute Gasteiger partial charge is 0.435 e. The monoisotopic (exact) mass is 365 g/mol. The number of nitrogens with zero attached hydrogens (tertiary/aromatic N) is 2. The summed E-state index contributed by atoms with van der Waals surface area (Å²) in [6.07, 6.45) is 0. The number of carbonyl (C=O) groups excluding carboxylic acids is 1. The number of fused-ring (bicyclic) bond motifs is 1. The number of hydrogen-bond acceptors (Lipinski definition) is 4. The van der Waals surface area contributed by atoms with E-state index in [1.165, 1.54) is 23.9 Å². The molecule has 0 amide bonds. The number of imidazole rings is 1. The molecule has 3 aromatic rings. The molecule has 0 saturated carbocycles. The Hall–Kier alpha value is -2.35. The summed E-state index contributed by atoms with van der Waals surface area (Å²) in [7, 11) is 1.92. The number of ketones is 1. The third kappa shape index (κ3) is 3.68. The predicted octanol–water partition coefficient (Wildman–Crippen LogP) is 4.09. The second-order valence-corrected chi connectivity index (χ2v) is 6.62. The average Bonchev–Trinajstić information content (AvgIpc) is 3.07. The fraction of sp³-hybridized carbons (Fsp3) is 0.294. The first-order valence-corrected chi connectivity index (χ1v) is 8.57. The first-order chi connectivity index (χ1) is 11.8. The summed E-state index contributed by atoms with van der Waals surface area (Å²) in [4.78, 5) is 19.8. The van der Waals surface area contributed by atoms with Crippen LogP contribution in [0.2, 0.25) is 0 Å². The summed E-state index contributed by atoms with van der Waals surface area (Å²) >= 11 is 1.28. The van der Waals surface area contributed by atoms with E-state index in [0.717, 1.165) is 11.4 Å². The number of aromatic amines is 1. The molecule has 132 valence electrons. The van der Waals surface area contributed by atoms with Crippen molar-refractivity contribution in [2.24, 2.45) is 7.05 Å². The lowest BCUT2D eigenvalue weighted by Gasteiger charge is -2.02. The minimum atomic E-state index is -2.87. The van der Waals surface area contributed by atoms with E-state index in [9.17, 15) is 13.6 Å². The van der Waals surface area contributed by atoms with Crippen LogP contribution in [-0.4, -0.2) is 32.7 Å². The number of alkyl halides is 2. The minimum Gasteiger partial charge on any atom is -0.435 e. The van der Waals surface area contributed by atoms with Crippen LogP contribution in [0.25, 0.3) is 11.0 Å². The Morgan fingerprint density at radius 3 is 2.76 bits per heavy atom. The second kappa shape index (κ2) is 6.87. The zero-order chi connectivity index (χ0) is 18.1. The van der Waals surface area contributed by atoms with Crippen molar-refractivity contribution >= 4 is 28.6 Å². The molecule has 0 spiro atoms. The molecule has 3 rings (SSSR count). The van der Waals surface area contributed by atoms with Gasteiger partial charge >= 0.3 is 6.61 Å². The molecule has 0 saturated heterocycles. The Bertz CT molecular complexity index is 934. The van der Waals surface area contributed by atoms with Crippen LogP contribution in [-0.2, 0) is 7.05 Å². The third-order valence-electron chi connectivity index (χ3n) is 4.07. The van der Waals surface area contributed by atoms with Crippen molar-refractivity contribution in [3.05, 3.63) is 41.2 Å². The number of carbonyl (C=O) groups is 1. The number of H-pyrrole nitrogens is 1. The van der Waals surface area contributed by atoms with Crippen molar-refractivity contribution < 1.29 is 18.3 Å². The molecule has 0 atom stereocenters. The Kier molecular flexibility index (Phi) is 4.80. The summed E-state index contributed by atoms with van der Waals surface area (Å²) in [5, 5.41) is 0.558. The zero-order valence-corrected chi connectivity index (χ0v) is 14.8. The van der Waals surface area contributed by atoms with Crippen molar-refractivity contribution in [3.63, 3.8) is 0 Å². The van der Waals surface area contributed by atoms with Gasteiger partial charge in [0.05, 0.1) is 16.8 Å². The average molecular weight is 365 g/mol. The number of aryl methyl sites for hydroxylation is 1. The fourth-order valence-corrected chi connectivity index (χ4v) is 3.33. The maximum Gasteiger partial charge on any atom is 0.387 e. The van der Waals surface area contributed by atoms with Crippen molar-refractivity contribution in [1.82, 2.24) is 14.5 Å². The maximum absolute atomic E-state index is 12.4. The van der Waals surface area contributed by atoms with Gasteiger partial charge in [-0.25, -0.2) is 4.98 Å². The van der Waals surface area contributed by atoms with Gasteiger partial charge in [-0.1, -0.05) is 11.8 Å². The molecule has 1 N–H and O–H groups in total. The first-order valence-electron chi connectivity index (χ1n) is 7.58. The Balaban J connectivity index is 1.72. The quantitative estimate of drug-likeness (QED) is 0.528. The molecule has 0 fully saturated rings. The number of halogens is 2. The van der Waals surface area contributed by atoms with E-state index in [-0.39, 0.29) is 17.3 Å². The van der Waals surface area contributed by atoms with E-state index in [0.29, 0.717) is 21.8 Å². The summed E-state index contributed by atoms with van der Waals surface area (Å²) in [5.74, 6) is 0.326. The van der Waals surface area contributed by atoms with Crippen LogP contribution >= 0.6 is 11.8 Å². The number of thioether (sulfide) groups is 1. The SMILES string of the molecule is Cc1cc(C(=O)CSc2nc3ccc(OC(F)F)cc3[nH]2)c(C)n1C. The lowest BCUT2D eigenvalue weighted by atomic mass is 10.2. The van der Waals surface area contributed by atoms with Gasteiger partial charge in [0, 0.05) is 30.1 Å². The van der Waals surface area contributed by atoms with Gasteiger partial charge in [-0.3, -0.25) is 4.79 Å². The molecule has 5 nitrogen and oxygen atoms in total. The van der Waals surface area contributed by atoms with Gasteiger partial charge in [0.2, 0.25) is 0 Å². The lowest BCUT2D eigenvalue weighted by Crippen LogP contribution is -2.04.